The lowest BCUT2D eigenvalue weighted by atomic mass is 10.1. The first kappa shape index (κ1) is 11.9. The summed E-state index contributed by atoms with van der Waals surface area (Å²) in [6.07, 6.45) is 3.87. The first-order valence-electron chi connectivity index (χ1n) is 6.06. The number of hydrogen-bond acceptors (Lipinski definition) is 2. The highest BCUT2D eigenvalue weighted by Gasteiger charge is 2.00. The first-order valence-corrected chi connectivity index (χ1v) is 6.06. The van der Waals surface area contributed by atoms with Crippen molar-refractivity contribution < 1.29 is 0 Å². The summed E-state index contributed by atoms with van der Waals surface area (Å²) in [4.78, 5) is 4.34. The second-order valence-electron chi connectivity index (χ2n) is 4.22. The molecule has 0 bridgehead atoms. The standard InChI is InChI=1S/C14H19N3/c1-3-17-8-7-16-14(17)11-15-10-13-6-4-5-12(2)9-13/h4-9,15H,3,10-11H2,1-2H3. The molecular formula is C14H19N3. The molecule has 0 radical (unpaired) electrons. The highest BCUT2D eigenvalue weighted by Crippen LogP contribution is 2.04. The number of nitrogens with one attached hydrogen (secondary N) is 1. The molecule has 3 heteroatoms. The Morgan fingerprint density at radius 2 is 2.18 bits per heavy atom. The number of hydrogen-bond donors (Lipinski definition) is 1. The van der Waals surface area contributed by atoms with Crippen LogP contribution in [0.4, 0.5) is 0 Å². The molecule has 17 heavy (non-hydrogen) atoms. The van der Waals surface area contributed by atoms with Gasteiger partial charge in [-0.25, -0.2) is 4.98 Å². The van der Waals surface area contributed by atoms with Gasteiger partial charge in [0.25, 0.3) is 0 Å². The van der Waals surface area contributed by atoms with E-state index in [1.807, 2.05) is 12.4 Å². The Kier molecular flexibility index (Phi) is 3.94. The van der Waals surface area contributed by atoms with Crippen molar-refractivity contribution in [3.8, 4) is 0 Å². The van der Waals surface area contributed by atoms with Gasteiger partial charge >= 0.3 is 0 Å². The van der Waals surface area contributed by atoms with E-state index in [0.717, 1.165) is 25.5 Å². The van der Waals surface area contributed by atoms with Crippen molar-refractivity contribution in [2.24, 2.45) is 0 Å². The molecule has 0 atom stereocenters. The van der Waals surface area contributed by atoms with E-state index in [0.29, 0.717) is 0 Å². The van der Waals surface area contributed by atoms with Gasteiger partial charge in [0.1, 0.15) is 5.82 Å². The quantitative estimate of drug-likeness (QED) is 0.853. The van der Waals surface area contributed by atoms with E-state index < -0.39 is 0 Å². The fraction of sp³-hybridized carbons (Fsp3) is 0.357. The maximum atomic E-state index is 4.34. The van der Waals surface area contributed by atoms with E-state index in [1.165, 1.54) is 11.1 Å². The molecule has 0 aliphatic carbocycles. The number of nitrogens with zero attached hydrogens (tertiary/aromatic N) is 2. The van der Waals surface area contributed by atoms with Crippen molar-refractivity contribution in [2.45, 2.75) is 33.5 Å². The van der Waals surface area contributed by atoms with Crippen LogP contribution in [-0.4, -0.2) is 9.55 Å². The van der Waals surface area contributed by atoms with Crippen molar-refractivity contribution in [3.05, 3.63) is 53.6 Å². The van der Waals surface area contributed by atoms with Crippen LogP contribution in [0.25, 0.3) is 0 Å². The molecule has 1 aromatic carbocycles. The number of benzene rings is 1. The molecule has 2 rings (SSSR count). The number of rotatable bonds is 5. The summed E-state index contributed by atoms with van der Waals surface area (Å²) in [5.41, 5.74) is 2.62. The average molecular weight is 229 g/mol. The van der Waals surface area contributed by atoms with Gasteiger partial charge in [0, 0.05) is 25.5 Å². The molecule has 0 fully saturated rings. The Bertz CT molecular complexity index is 474. The summed E-state index contributed by atoms with van der Waals surface area (Å²) in [6.45, 7) is 6.92. The van der Waals surface area contributed by atoms with E-state index in [1.54, 1.807) is 0 Å². The number of aromatic nitrogens is 2. The molecule has 90 valence electrons. The zero-order valence-corrected chi connectivity index (χ0v) is 10.5. The van der Waals surface area contributed by atoms with Gasteiger partial charge in [-0.2, -0.15) is 0 Å². The Morgan fingerprint density at radius 1 is 1.29 bits per heavy atom. The first-order chi connectivity index (χ1) is 8.29. The fourth-order valence-electron chi connectivity index (χ4n) is 1.94. The fourth-order valence-corrected chi connectivity index (χ4v) is 1.94. The highest BCUT2D eigenvalue weighted by molar-refractivity contribution is 5.21. The van der Waals surface area contributed by atoms with Crippen LogP contribution < -0.4 is 5.32 Å². The van der Waals surface area contributed by atoms with Gasteiger partial charge in [-0.1, -0.05) is 29.8 Å². The molecule has 0 amide bonds. The summed E-state index contributed by atoms with van der Waals surface area (Å²) in [7, 11) is 0. The Balaban J connectivity index is 1.87. The molecule has 2 aromatic rings. The van der Waals surface area contributed by atoms with Crippen molar-refractivity contribution >= 4 is 0 Å². The molecule has 1 heterocycles. The second kappa shape index (κ2) is 5.64. The van der Waals surface area contributed by atoms with Crippen molar-refractivity contribution in [1.82, 2.24) is 14.9 Å². The molecule has 0 unspecified atom stereocenters. The lowest BCUT2D eigenvalue weighted by molar-refractivity contribution is 0.613. The minimum atomic E-state index is 0.814. The third kappa shape index (κ3) is 3.17. The van der Waals surface area contributed by atoms with Gasteiger partial charge in [-0.15, -0.1) is 0 Å². The van der Waals surface area contributed by atoms with Crippen LogP contribution in [0.5, 0.6) is 0 Å². The molecule has 0 aliphatic heterocycles. The molecule has 3 nitrogen and oxygen atoms in total. The van der Waals surface area contributed by atoms with Crippen LogP contribution in [-0.2, 0) is 19.6 Å². The summed E-state index contributed by atoms with van der Waals surface area (Å²) >= 11 is 0. The van der Waals surface area contributed by atoms with E-state index in [9.17, 15) is 0 Å². The molecule has 1 N–H and O–H groups in total. The zero-order valence-electron chi connectivity index (χ0n) is 10.5. The third-order valence-corrected chi connectivity index (χ3v) is 2.84. The molecular weight excluding hydrogens is 210 g/mol. The van der Waals surface area contributed by atoms with E-state index in [-0.39, 0.29) is 0 Å². The van der Waals surface area contributed by atoms with Crippen molar-refractivity contribution in [1.29, 1.82) is 0 Å². The summed E-state index contributed by atoms with van der Waals surface area (Å²) in [5, 5.41) is 3.42. The lowest BCUT2D eigenvalue weighted by Gasteiger charge is -2.07. The predicted molar refractivity (Wildman–Crippen MR) is 69.6 cm³/mol. The van der Waals surface area contributed by atoms with Gasteiger partial charge in [-0.3, -0.25) is 0 Å². The predicted octanol–water partition coefficient (Wildman–Crippen LogP) is 2.50. The summed E-state index contributed by atoms with van der Waals surface area (Å²) in [5.74, 6) is 1.10. The van der Waals surface area contributed by atoms with Gasteiger partial charge in [0.15, 0.2) is 0 Å². The average Bonchev–Trinajstić information content (AvgIpc) is 2.77. The number of imidazole rings is 1. The van der Waals surface area contributed by atoms with Crippen molar-refractivity contribution in [2.75, 3.05) is 0 Å². The van der Waals surface area contributed by atoms with Crippen LogP contribution in [0.3, 0.4) is 0 Å². The maximum absolute atomic E-state index is 4.34. The Morgan fingerprint density at radius 3 is 2.94 bits per heavy atom. The van der Waals surface area contributed by atoms with Gasteiger partial charge in [0.2, 0.25) is 0 Å². The Hall–Kier alpha value is -1.61. The highest BCUT2D eigenvalue weighted by atomic mass is 15.1. The van der Waals surface area contributed by atoms with Crippen LogP contribution in [0.1, 0.15) is 23.9 Å². The largest absolute Gasteiger partial charge is 0.334 e. The van der Waals surface area contributed by atoms with Crippen LogP contribution in [0, 0.1) is 6.92 Å². The molecule has 0 aliphatic rings. The zero-order chi connectivity index (χ0) is 12.1. The SMILES string of the molecule is CCn1ccnc1CNCc1cccc(C)c1. The van der Waals surface area contributed by atoms with E-state index in [4.69, 9.17) is 0 Å². The monoisotopic (exact) mass is 229 g/mol. The van der Waals surface area contributed by atoms with Gasteiger partial charge < -0.3 is 9.88 Å². The van der Waals surface area contributed by atoms with Crippen molar-refractivity contribution in [3.63, 3.8) is 0 Å². The van der Waals surface area contributed by atoms with Gasteiger partial charge in [0.05, 0.1) is 6.54 Å². The summed E-state index contributed by atoms with van der Waals surface area (Å²) in [6, 6.07) is 8.57. The normalized spacial score (nSPS) is 10.7. The lowest BCUT2D eigenvalue weighted by Crippen LogP contribution is -2.16. The molecule has 0 spiro atoms. The van der Waals surface area contributed by atoms with E-state index in [2.05, 4.69) is 53.0 Å². The maximum Gasteiger partial charge on any atom is 0.122 e. The molecule has 0 saturated carbocycles. The van der Waals surface area contributed by atoms with Crippen LogP contribution in [0.2, 0.25) is 0 Å². The van der Waals surface area contributed by atoms with E-state index >= 15 is 0 Å². The Labute approximate surface area is 103 Å². The summed E-state index contributed by atoms with van der Waals surface area (Å²) < 4.78 is 2.16. The minimum Gasteiger partial charge on any atom is -0.334 e. The number of aryl methyl sites for hydroxylation is 2. The molecule has 1 aromatic heterocycles. The molecule has 0 saturated heterocycles. The topological polar surface area (TPSA) is 29.9 Å². The van der Waals surface area contributed by atoms with Gasteiger partial charge in [-0.05, 0) is 19.4 Å². The minimum absolute atomic E-state index is 0.814. The van der Waals surface area contributed by atoms with Crippen LogP contribution in [0.15, 0.2) is 36.7 Å². The van der Waals surface area contributed by atoms with Crippen LogP contribution >= 0.6 is 0 Å². The smallest absolute Gasteiger partial charge is 0.122 e. The third-order valence-electron chi connectivity index (χ3n) is 2.84. The second-order valence-corrected chi connectivity index (χ2v) is 4.22.